The summed E-state index contributed by atoms with van der Waals surface area (Å²) in [6, 6.07) is 39.1. The van der Waals surface area contributed by atoms with Crippen LogP contribution in [0.5, 0.6) is 0 Å². The normalized spacial score (nSPS) is 37.9. The van der Waals surface area contributed by atoms with Gasteiger partial charge in [0.05, 0.1) is 15.2 Å². The Kier molecular flexibility index (Phi) is 7.69. The molecule has 6 rings (SSSR count). The topological polar surface area (TPSA) is 0 Å². The molecule has 0 nitrogen and oxygen atoms in total. The summed E-state index contributed by atoms with van der Waals surface area (Å²) < 4.78 is 0. The maximum atomic E-state index is 2.70. The van der Waals surface area contributed by atoms with Gasteiger partial charge in [-0.1, -0.05) is 196 Å². The van der Waals surface area contributed by atoms with Crippen LogP contribution in [-0.4, -0.2) is 29.4 Å². The molecule has 4 aliphatic rings. The van der Waals surface area contributed by atoms with Crippen LogP contribution in [0.3, 0.4) is 0 Å². The van der Waals surface area contributed by atoms with E-state index in [4.69, 9.17) is 0 Å². The molecule has 4 aliphatic heterocycles. The van der Waals surface area contributed by atoms with E-state index in [1.807, 2.05) is 10.4 Å². The first-order valence-corrected chi connectivity index (χ1v) is 28.6. The molecule has 4 fully saturated rings. The monoisotopic (exact) mass is 546 g/mol. The standard InChI is InChI=1S/C32H50Si4/c1-7-19-31(20-8-1)33-23-11-3-15-27-35(33,28-16-4-12-24-33)36-29-17-5-13-25-34(36,26-14-6-18-30-36)32-21-9-2-10-22-32/h1-2,7-10,19-22H,3-6,11-18,23-30H2. The maximum Gasteiger partial charge on any atom is 0.0776 e. The summed E-state index contributed by atoms with van der Waals surface area (Å²) in [7, 11) is -5.95. The van der Waals surface area contributed by atoms with Crippen molar-refractivity contribution >= 4 is 39.8 Å². The van der Waals surface area contributed by atoms with Gasteiger partial charge in [-0.15, -0.1) is 0 Å². The number of hydrogen-bond acceptors (Lipinski definition) is 0. The third-order valence-electron chi connectivity index (χ3n) is 12.2. The van der Waals surface area contributed by atoms with E-state index >= 15 is 0 Å². The molecular weight excluding hydrogens is 497 g/mol. The van der Waals surface area contributed by atoms with Crippen LogP contribution in [0.4, 0.5) is 0 Å². The summed E-state index contributed by atoms with van der Waals surface area (Å²) in [6.07, 6.45) is 19.0. The van der Waals surface area contributed by atoms with Crippen LogP contribution in [0.25, 0.3) is 0 Å². The van der Waals surface area contributed by atoms with Crippen molar-refractivity contribution < 1.29 is 0 Å². The van der Waals surface area contributed by atoms with Gasteiger partial charge in [-0.3, -0.25) is 0 Å². The van der Waals surface area contributed by atoms with E-state index in [-0.39, 0.29) is 0 Å². The van der Waals surface area contributed by atoms with Crippen molar-refractivity contribution in [3.05, 3.63) is 60.7 Å². The van der Waals surface area contributed by atoms with Crippen molar-refractivity contribution in [1.82, 2.24) is 0 Å². The Morgan fingerprint density at radius 2 is 0.583 bits per heavy atom. The van der Waals surface area contributed by atoms with Crippen LogP contribution in [0, 0.1) is 0 Å². The lowest BCUT2D eigenvalue weighted by molar-refractivity contribution is 0.738. The minimum absolute atomic E-state index is 1.45. The number of benzene rings is 2. The summed E-state index contributed by atoms with van der Waals surface area (Å²) in [4.78, 5) is 0. The number of hydrogen-bond donors (Lipinski definition) is 0. The highest BCUT2D eigenvalue weighted by molar-refractivity contribution is 7.87. The molecule has 0 radical (unpaired) electrons. The predicted molar refractivity (Wildman–Crippen MR) is 169 cm³/mol. The van der Waals surface area contributed by atoms with Gasteiger partial charge in [0.1, 0.15) is 0 Å². The second-order valence-electron chi connectivity index (χ2n) is 13.3. The van der Waals surface area contributed by atoms with E-state index in [0.717, 1.165) is 0 Å². The van der Waals surface area contributed by atoms with Gasteiger partial charge >= 0.3 is 0 Å². The fraction of sp³-hybridized carbons (Fsp3) is 0.625. The molecule has 0 aliphatic carbocycles. The molecule has 4 saturated heterocycles. The Morgan fingerprint density at radius 3 is 0.889 bits per heavy atom. The summed E-state index contributed by atoms with van der Waals surface area (Å²) >= 11 is 0. The largest absolute Gasteiger partial charge is 0.0776 e. The Morgan fingerprint density at radius 1 is 0.306 bits per heavy atom. The first-order chi connectivity index (χ1) is 17.8. The van der Waals surface area contributed by atoms with Gasteiger partial charge in [0.15, 0.2) is 0 Å². The van der Waals surface area contributed by atoms with Gasteiger partial charge < -0.3 is 0 Å². The van der Waals surface area contributed by atoms with Crippen LogP contribution >= 0.6 is 0 Å². The molecule has 0 spiro atoms. The van der Waals surface area contributed by atoms with E-state index in [1.54, 1.807) is 125 Å². The summed E-state index contributed by atoms with van der Waals surface area (Å²) in [6.45, 7) is 0. The van der Waals surface area contributed by atoms with Crippen molar-refractivity contribution in [1.29, 1.82) is 0 Å². The average molecular weight is 547 g/mol. The molecule has 194 valence electrons. The summed E-state index contributed by atoms with van der Waals surface area (Å²) in [5, 5.41) is 3.96. The zero-order valence-corrected chi connectivity index (χ0v) is 26.9. The minimum atomic E-state index is -1.52. The summed E-state index contributed by atoms with van der Waals surface area (Å²) in [5.41, 5.74) is 0. The Balaban J connectivity index is 1.67. The molecule has 4 heteroatoms. The number of fused-ring (bicyclic) bond motifs is 3. The molecule has 0 amide bonds. The van der Waals surface area contributed by atoms with E-state index in [9.17, 15) is 0 Å². The lowest BCUT2D eigenvalue weighted by Crippen LogP contribution is -2.89. The second kappa shape index (κ2) is 10.8. The first kappa shape index (κ1) is 25.6. The van der Waals surface area contributed by atoms with Crippen LogP contribution in [-0.2, 0) is 0 Å². The molecule has 36 heavy (non-hydrogen) atoms. The molecule has 0 N–H and O–H groups in total. The van der Waals surface area contributed by atoms with Gasteiger partial charge in [0.2, 0.25) is 0 Å². The smallest absolute Gasteiger partial charge is 0.0633 e. The molecule has 0 atom stereocenters. The van der Waals surface area contributed by atoms with Crippen LogP contribution < -0.4 is 10.4 Å². The van der Waals surface area contributed by atoms with Crippen molar-refractivity contribution in [3.63, 3.8) is 0 Å². The van der Waals surface area contributed by atoms with Crippen LogP contribution in [0.2, 0.25) is 48.4 Å². The third-order valence-corrected chi connectivity index (χ3v) is 77.0. The SMILES string of the molecule is c1ccc([Si]23CCCCC[Si]2([Si]24CCCCC[Si]2(c2ccccc2)CCCCC4)CCCCC3)cc1. The molecular formula is C32H50Si4. The molecule has 2 aromatic rings. The molecule has 0 aromatic heterocycles. The van der Waals surface area contributed by atoms with Gasteiger partial charge in [-0.05, 0) is 0 Å². The molecule has 0 bridgehead atoms. The predicted octanol–water partition coefficient (Wildman–Crippen LogP) is 8.57. The van der Waals surface area contributed by atoms with Crippen LogP contribution in [0.1, 0.15) is 77.0 Å². The molecule has 4 heterocycles. The van der Waals surface area contributed by atoms with Gasteiger partial charge in [-0.25, -0.2) is 0 Å². The lowest BCUT2D eigenvalue weighted by Gasteiger charge is -2.64. The van der Waals surface area contributed by atoms with Crippen molar-refractivity contribution in [2.24, 2.45) is 0 Å². The average Bonchev–Trinajstić information content (AvgIpc) is 3.39. The Hall–Kier alpha value is -0.692. The van der Waals surface area contributed by atoms with Crippen LogP contribution in [0.15, 0.2) is 60.7 Å². The van der Waals surface area contributed by atoms with E-state index in [2.05, 4.69) is 60.7 Å². The minimum Gasteiger partial charge on any atom is -0.0633 e. The fourth-order valence-corrected chi connectivity index (χ4v) is 105. The summed E-state index contributed by atoms with van der Waals surface area (Å²) in [5.74, 6) is 0. The highest BCUT2D eigenvalue weighted by Gasteiger charge is 2.72. The highest BCUT2D eigenvalue weighted by atomic mass is 29.8. The van der Waals surface area contributed by atoms with Crippen molar-refractivity contribution in [2.75, 3.05) is 0 Å². The second-order valence-corrected chi connectivity index (χ2v) is 47.3. The zero-order valence-electron chi connectivity index (χ0n) is 22.9. The molecule has 0 unspecified atom stereocenters. The first-order valence-electron chi connectivity index (χ1n) is 15.9. The lowest BCUT2D eigenvalue weighted by atomic mass is 10.3. The fourth-order valence-electron chi connectivity index (χ4n) is 11.1. The van der Waals surface area contributed by atoms with E-state index in [1.165, 1.54) is 0 Å². The quantitative estimate of drug-likeness (QED) is 0.338. The van der Waals surface area contributed by atoms with E-state index in [0.29, 0.717) is 0 Å². The molecule has 2 aromatic carbocycles. The van der Waals surface area contributed by atoms with Crippen molar-refractivity contribution in [3.8, 4) is 0 Å². The van der Waals surface area contributed by atoms with Gasteiger partial charge in [0, 0.05) is 14.2 Å². The zero-order chi connectivity index (χ0) is 24.4. The number of rotatable bonds is 3. The molecule has 0 saturated carbocycles. The van der Waals surface area contributed by atoms with Gasteiger partial charge in [-0.2, -0.15) is 0 Å². The Bertz CT molecular complexity index is 878. The third kappa shape index (κ3) is 3.91. The van der Waals surface area contributed by atoms with Gasteiger partial charge in [0.25, 0.3) is 0 Å². The van der Waals surface area contributed by atoms with Crippen molar-refractivity contribution in [2.45, 2.75) is 125 Å². The van der Waals surface area contributed by atoms with E-state index < -0.39 is 29.4 Å². The maximum absolute atomic E-state index is 2.70. The highest BCUT2D eigenvalue weighted by Crippen LogP contribution is 2.57. The Labute approximate surface area is 225 Å².